The number of hydrogen-bond donors (Lipinski definition) is 1. The molecule has 0 aliphatic carbocycles. The number of amides is 1. The number of nitrogens with zero attached hydrogens (tertiary/aromatic N) is 2. The third-order valence-electron chi connectivity index (χ3n) is 3.27. The molecule has 20 heavy (non-hydrogen) atoms. The molecule has 98 valence electrons. The molecule has 2 aromatic heterocycles. The average molecular weight is 265 g/mol. The van der Waals surface area contributed by atoms with Crippen LogP contribution in [0, 0.1) is 0 Å². The number of carbonyl (C=O) groups is 1. The van der Waals surface area contributed by atoms with Crippen LogP contribution in [-0.2, 0) is 4.79 Å². The van der Waals surface area contributed by atoms with Gasteiger partial charge in [0.25, 0.3) is 5.91 Å². The smallest absolute Gasteiger partial charge is 0.262 e. The Morgan fingerprint density at radius 2 is 2.20 bits per heavy atom. The van der Waals surface area contributed by atoms with Crippen molar-refractivity contribution in [2.45, 2.75) is 0 Å². The van der Waals surface area contributed by atoms with Gasteiger partial charge in [0.15, 0.2) is 6.61 Å². The molecule has 0 unspecified atom stereocenters. The van der Waals surface area contributed by atoms with Crippen LogP contribution >= 0.6 is 0 Å². The van der Waals surface area contributed by atoms with Crippen molar-refractivity contribution in [3.05, 3.63) is 48.8 Å². The van der Waals surface area contributed by atoms with Gasteiger partial charge in [-0.1, -0.05) is 6.07 Å². The zero-order valence-electron chi connectivity index (χ0n) is 10.5. The number of benzene rings is 1. The van der Waals surface area contributed by atoms with Gasteiger partial charge >= 0.3 is 0 Å². The molecule has 1 N–H and O–H groups in total. The molecule has 1 amide bonds. The second kappa shape index (κ2) is 4.09. The maximum atomic E-state index is 11.4. The van der Waals surface area contributed by atoms with Crippen LogP contribution in [0.3, 0.4) is 0 Å². The zero-order chi connectivity index (χ0) is 13.5. The third-order valence-corrected chi connectivity index (χ3v) is 3.27. The Kier molecular flexibility index (Phi) is 2.26. The molecule has 0 spiro atoms. The number of aromatic nitrogens is 2. The van der Waals surface area contributed by atoms with Crippen LogP contribution in [0.5, 0.6) is 5.75 Å². The second-order valence-electron chi connectivity index (χ2n) is 4.64. The largest absolute Gasteiger partial charge is 0.482 e. The monoisotopic (exact) mass is 265 g/mol. The van der Waals surface area contributed by atoms with Crippen molar-refractivity contribution in [3.8, 4) is 17.0 Å². The number of rotatable bonds is 1. The molecule has 0 fully saturated rings. The summed E-state index contributed by atoms with van der Waals surface area (Å²) in [6, 6.07) is 11.5. The van der Waals surface area contributed by atoms with E-state index in [1.165, 1.54) is 0 Å². The van der Waals surface area contributed by atoms with Crippen molar-refractivity contribution >= 4 is 17.2 Å². The summed E-state index contributed by atoms with van der Waals surface area (Å²) in [5.41, 5.74) is 3.38. The Bertz CT molecular complexity index is 790. The number of hydrogen-bond acceptors (Lipinski definition) is 3. The quantitative estimate of drug-likeness (QED) is 0.734. The van der Waals surface area contributed by atoms with Crippen LogP contribution in [0.4, 0.5) is 5.69 Å². The predicted molar refractivity (Wildman–Crippen MR) is 74.8 cm³/mol. The first-order valence-corrected chi connectivity index (χ1v) is 6.30. The minimum absolute atomic E-state index is 0.0702. The van der Waals surface area contributed by atoms with Crippen LogP contribution in [-0.4, -0.2) is 21.9 Å². The Hall–Kier alpha value is -2.82. The lowest BCUT2D eigenvalue weighted by Gasteiger charge is -2.18. The van der Waals surface area contributed by atoms with E-state index in [0.717, 1.165) is 16.9 Å². The second-order valence-corrected chi connectivity index (χ2v) is 4.64. The standard InChI is InChI=1S/C15H11N3O2/c19-15-9-20-13-5-4-10(7-11(13)17-15)12-8-18-6-2-1-3-14(18)16-12/h1-8H,9H2,(H,17,19). The van der Waals surface area contributed by atoms with Gasteiger partial charge in [-0.2, -0.15) is 0 Å². The maximum Gasteiger partial charge on any atom is 0.262 e. The van der Waals surface area contributed by atoms with E-state index in [0.29, 0.717) is 11.4 Å². The van der Waals surface area contributed by atoms with Gasteiger partial charge < -0.3 is 14.5 Å². The van der Waals surface area contributed by atoms with Gasteiger partial charge in [0.2, 0.25) is 0 Å². The van der Waals surface area contributed by atoms with Gasteiger partial charge in [-0.25, -0.2) is 4.98 Å². The van der Waals surface area contributed by atoms with Crippen molar-refractivity contribution < 1.29 is 9.53 Å². The van der Waals surface area contributed by atoms with Crippen LogP contribution < -0.4 is 10.1 Å². The number of nitrogens with one attached hydrogen (secondary N) is 1. The van der Waals surface area contributed by atoms with Crippen LogP contribution in [0.2, 0.25) is 0 Å². The number of fused-ring (bicyclic) bond motifs is 2. The predicted octanol–water partition coefficient (Wildman–Crippen LogP) is 2.33. The summed E-state index contributed by atoms with van der Waals surface area (Å²) in [6.07, 6.45) is 3.91. The maximum absolute atomic E-state index is 11.4. The fraction of sp³-hybridized carbons (Fsp3) is 0.0667. The Labute approximate surface area is 114 Å². The SMILES string of the molecule is O=C1COc2ccc(-c3cn4ccccc4n3)cc2N1. The number of carbonyl (C=O) groups excluding carboxylic acids is 1. The highest BCUT2D eigenvalue weighted by molar-refractivity contribution is 5.96. The van der Waals surface area contributed by atoms with Gasteiger partial charge in [0.1, 0.15) is 11.4 Å². The molecule has 0 bridgehead atoms. The zero-order valence-corrected chi connectivity index (χ0v) is 10.5. The Balaban J connectivity index is 1.82. The number of pyridine rings is 1. The summed E-state index contributed by atoms with van der Waals surface area (Å²) >= 11 is 0. The van der Waals surface area contributed by atoms with Crippen molar-refractivity contribution in [2.24, 2.45) is 0 Å². The number of ether oxygens (including phenoxy) is 1. The first-order chi connectivity index (χ1) is 9.79. The van der Waals surface area contributed by atoms with Crippen molar-refractivity contribution in [1.29, 1.82) is 0 Å². The number of imidazole rings is 1. The average Bonchev–Trinajstić information content (AvgIpc) is 2.90. The van der Waals surface area contributed by atoms with Crippen LogP contribution in [0.25, 0.3) is 16.9 Å². The van der Waals surface area contributed by atoms with Gasteiger partial charge in [0.05, 0.1) is 11.4 Å². The minimum atomic E-state index is -0.135. The molecule has 5 nitrogen and oxygen atoms in total. The third kappa shape index (κ3) is 1.72. The Morgan fingerprint density at radius 3 is 3.10 bits per heavy atom. The van der Waals surface area contributed by atoms with Crippen molar-refractivity contribution in [1.82, 2.24) is 9.38 Å². The highest BCUT2D eigenvalue weighted by Crippen LogP contribution is 2.32. The van der Waals surface area contributed by atoms with E-state index in [2.05, 4.69) is 10.3 Å². The number of anilines is 1. The molecule has 4 rings (SSSR count). The fourth-order valence-electron chi connectivity index (χ4n) is 2.32. The van der Waals surface area contributed by atoms with Crippen molar-refractivity contribution in [2.75, 3.05) is 11.9 Å². The van der Waals surface area contributed by atoms with Gasteiger partial charge in [-0.3, -0.25) is 4.79 Å². The Morgan fingerprint density at radius 1 is 1.25 bits per heavy atom. The van der Waals surface area contributed by atoms with E-state index in [1.54, 1.807) is 0 Å². The van der Waals surface area contributed by atoms with Crippen molar-refractivity contribution in [3.63, 3.8) is 0 Å². The molecular formula is C15H11N3O2. The first-order valence-electron chi connectivity index (χ1n) is 6.30. The van der Waals surface area contributed by atoms with E-state index in [9.17, 15) is 4.79 Å². The van der Waals surface area contributed by atoms with Crippen LogP contribution in [0.15, 0.2) is 48.8 Å². The summed E-state index contributed by atoms with van der Waals surface area (Å²) < 4.78 is 7.31. The van der Waals surface area contributed by atoms with E-state index in [-0.39, 0.29) is 12.5 Å². The van der Waals surface area contributed by atoms with E-state index in [1.807, 2.05) is 53.2 Å². The highest BCUT2D eigenvalue weighted by Gasteiger charge is 2.16. The van der Waals surface area contributed by atoms with E-state index in [4.69, 9.17) is 4.74 Å². The minimum Gasteiger partial charge on any atom is -0.482 e. The van der Waals surface area contributed by atoms with E-state index >= 15 is 0 Å². The summed E-state index contributed by atoms with van der Waals surface area (Å²) in [5, 5.41) is 2.81. The lowest BCUT2D eigenvalue weighted by Crippen LogP contribution is -2.25. The lowest BCUT2D eigenvalue weighted by atomic mass is 10.1. The molecule has 3 heterocycles. The molecule has 0 atom stereocenters. The molecule has 3 aromatic rings. The fourth-order valence-corrected chi connectivity index (χ4v) is 2.32. The molecule has 0 radical (unpaired) electrons. The summed E-state index contributed by atoms with van der Waals surface area (Å²) in [6.45, 7) is 0.0702. The molecule has 1 aromatic carbocycles. The molecule has 1 aliphatic rings. The highest BCUT2D eigenvalue weighted by atomic mass is 16.5. The molecule has 1 aliphatic heterocycles. The van der Waals surface area contributed by atoms with E-state index < -0.39 is 0 Å². The van der Waals surface area contributed by atoms with Crippen LogP contribution in [0.1, 0.15) is 0 Å². The lowest BCUT2D eigenvalue weighted by molar-refractivity contribution is -0.118. The molecule has 0 saturated heterocycles. The topological polar surface area (TPSA) is 55.6 Å². The molecule has 0 saturated carbocycles. The molecular weight excluding hydrogens is 254 g/mol. The summed E-state index contributed by atoms with van der Waals surface area (Å²) in [5.74, 6) is 0.557. The summed E-state index contributed by atoms with van der Waals surface area (Å²) in [4.78, 5) is 15.9. The molecule has 5 heteroatoms. The van der Waals surface area contributed by atoms with Gasteiger partial charge in [-0.15, -0.1) is 0 Å². The van der Waals surface area contributed by atoms with Gasteiger partial charge in [0, 0.05) is 18.0 Å². The normalized spacial score (nSPS) is 13.7. The van der Waals surface area contributed by atoms with Gasteiger partial charge in [-0.05, 0) is 30.3 Å². The summed E-state index contributed by atoms with van der Waals surface area (Å²) in [7, 11) is 0. The first kappa shape index (κ1) is 11.0.